The second-order valence-corrected chi connectivity index (χ2v) is 4.22. The highest BCUT2D eigenvalue weighted by molar-refractivity contribution is 8.02. The molecule has 2 N–H and O–H groups in total. The third-order valence-electron chi connectivity index (χ3n) is 2.16. The van der Waals surface area contributed by atoms with Gasteiger partial charge in [0.15, 0.2) is 0 Å². The Morgan fingerprint density at radius 2 is 2.29 bits per heavy atom. The van der Waals surface area contributed by atoms with Crippen molar-refractivity contribution in [2.75, 3.05) is 12.5 Å². The molecular weight excluding hydrogens is 232 g/mol. The number of para-hydroxylation sites is 1. The molecule has 0 aliphatic rings. The summed E-state index contributed by atoms with van der Waals surface area (Å²) in [5, 5.41) is 1.94. The first kappa shape index (κ1) is 13.8. The van der Waals surface area contributed by atoms with Gasteiger partial charge in [0, 0.05) is 17.9 Å². The average Bonchev–Trinajstić information content (AvgIpc) is 2.36. The first-order valence-corrected chi connectivity index (χ1v) is 6.54. The van der Waals surface area contributed by atoms with Crippen LogP contribution in [-0.2, 0) is 6.42 Å². The number of ether oxygens (including phenoxy) is 1. The molecule has 0 aromatic heterocycles. The van der Waals surface area contributed by atoms with Gasteiger partial charge in [-0.05, 0) is 25.1 Å². The van der Waals surface area contributed by atoms with Crippen LogP contribution in [0.25, 0.3) is 0 Å². The SMILES string of the molecule is C=N/C(=C\SCN)Cc1ccccc1OCC. The van der Waals surface area contributed by atoms with Crippen molar-refractivity contribution in [2.45, 2.75) is 13.3 Å². The Morgan fingerprint density at radius 1 is 1.53 bits per heavy atom. The van der Waals surface area contributed by atoms with E-state index in [-0.39, 0.29) is 0 Å². The lowest BCUT2D eigenvalue weighted by molar-refractivity contribution is 0.337. The standard InChI is InChI=1S/C13H18N2OS/c1-3-16-13-7-5-4-6-11(13)8-12(15-2)9-17-10-14/h4-7,9H,2-3,8,10,14H2,1H3/b12-9-. The van der Waals surface area contributed by atoms with E-state index in [4.69, 9.17) is 10.5 Å². The van der Waals surface area contributed by atoms with Crippen LogP contribution in [0.3, 0.4) is 0 Å². The molecule has 4 heteroatoms. The van der Waals surface area contributed by atoms with Crippen LogP contribution in [0.2, 0.25) is 0 Å². The molecule has 3 nitrogen and oxygen atoms in total. The number of nitrogens with zero attached hydrogens (tertiary/aromatic N) is 1. The summed E-state index contributed by atoms with van der Waals surface area (Å²) in [6.07, 6.45) is 0.715. The minimum atomic E-state index is 0.548. The number of allylic oxidation sites excluding steroid dienone is 1. The Kier molecular flexibility index (Phi) is 6.43. The molecule has 0 fully saturated rings. The third-order valence-corrected chi connectivity index (χ3v) is 2.79. The van der Waals surface area contributed by atoms with Crippen LogP contribution >= 0.6 is 11.8 Å². The molecule has 0 spiro atoms. The zero-order chi connectivity index (χ0) is 12.5. The van der Waals surface area contributed by atoms with Gasteiger partial charge in [0.05, 0.1) is 12.3 Å². The molecule has 0 aliphatic heterocycles. The second kappa shape index (κ2) is 7.92. The van der Waals surface area contributed by atoms with Gasteiger partial charge in [-0.2, -0.15) is 0 Å². The Hall–Kier alpha value is -1.26. The summed E-state index contributed by atoms with van der Waals surface area (Å²) in [4.78, 5) is 4.00. The van der Waals surface area contributed by atoms with Crippen LogP contribution in [0.5, 0.6) is 5.75 Å². The van der Waals surface area contributed by atoms with Gasteiger partial charge in [0.25, 0.3) is 0 Å². The highest BCUT2D eigenvalue weighted by Gasteiger charge is 2.04. The van der Waals surface area contributed by atoms with Gasteiger partial charge in [0.1, 0.15) is 5.75 Å². The van der Waals surface area contributed by atoms with Gasteiger partial charge < -0.3 is 10.5 Å². The minimum Gasteiger partial charge on any atom is -0.494 e. The van der Waals surface area contributed by atoms with Crippen LogP contribution in [0.1, 0.15) is 12.5 Å². The number of rotatable bonds is 7. The lowest BCUT2D eigenvalue weighted by Gasteiger charge is -2.09. The number of nitrogens with two attached hydrogens (primary N) is 1. The molecule has 1 rings (SSSR count). The highest BCUT2D eigenvalue weighted by Crippen LogP contribution is 2.22. The highest BCUT2D eigenvalue weighted by atomic mass is 32.2. The molecule has 17 heavy (non-hydrogen) atoms. The van der Waals surface area contributed by atoms with Crippen LogP contribution in [0, 0.1) is 0 Å². The molecule has 0 saturated heterocycles. The summed E-state index contributed by atoms with van der Waals surface area (Å²) in [6.45, 7) is 6.21. The minimum absolute atomic E-state index is 0.548. The van der Waals surface area contributed by atoms with Crippen molar-refractivity contribution in [1.29, 1.82) is 0 Å². The molecule has 1 aromatic carbocycles. The molecule has 0 bridgehead atoms. The number of aliphatic imine (C=N–C) groups is 1. The van der Waals surface area contributed by atoms with E-state index >= 15 is 0 Å². The number of thioether (sulfide) groups is 1. The van der Waals surface area contributed by atoms with Crippen molar-refractivity contribution in [3.8, 4) is 5.75 Å². The van der Waals surface area contributed by atoms with Gasteiger partial charge in [-0.15, -0.1) is 11.8 Å². The summed E-state index contributed by atoms with van der Waals surface area (Å²) < 4.78 is 5.57. The van der Waals surface area contributed by atoms with Crippen molar-refractivity contribution in [3.05, 3.63) is 40.9 Å². The van der Waals surface area contributed by atoms with Crippen LogP contribution < -0.4 is 10.5 Å². The van der Waals surface area contributed by atoms with E-state index in [0.29, 0.717) is 18.9 Å². The first-order chi connectivity index (χ1) is 8.31. The molecule has 0 saturated carbocycles. The van der Waals surface area contributed by atoms with Crippen molar-refractivity contribution >= 4 is 18.5 Å². The predicted molar refractivity (Wildman–Crippen MR) is 75.6 cm³/mol. The van der Waals surface area contributed by atoms with Crippen LogP contribution in [0.15, 0.2) is 40.4 Å². The maximum Gasteiger partial charge on any atom is 0.122 e. The maximum atomic E-state index is 5.57. The fourth-order valence-electron chi connectivity index (χ4n) is 1.42. The fraction of sp³-hybridized carbons (Fsp3) is 0.308. The number of hydrogen-bond donors (Lipinski definition) is 1. The summed E-state index contributed by atoms with van der Waals surface area (Å²) >= 11 is 1.52. The van der Waals surface area contributed by atoms with E-state index < -0.39 is 0 Å². The number of benzene rings is 1. The largest absolute Gasteiger partial charge is 0.494 e. The van der Waals surface area contributed by atoms with E-state index in [1.54, 1.807) is 0 Å². The summed E-state index contributed by atoms with van der Waals surface area (Å²) in [5.41, 5.74) is 7.46. The Labute approximate surface area is 107 Å². The third kappa shape index (κ3) is 4.63. The molecule has 0 aliphatic carbocycles. The molecule has 0 amide bonds. The second-order valence-electron chi connectivity index (χ2n) is 3.32. The molecular formula is C13H18N2OS. The Morgan fingerprint density at radius 3 is 2.94 bits per heavy atom. The molecule has 0 radical (unpaired) electrons. The maximum absolute atomic E-state index is 5.57. The summed E-state index contributed by atoms with van der Waals surface area (Å²) in [5.74, 6) is 1.45. The molecule has 92 valence electrons. The molecule has 0 unspecified atom stereocenters. The normalized spacial score (nSPS) is 11.3. The van der Waals surface area contributed by atoms with Gasteiger partial charge >= 0.3 is 0 Å². The van der Waals surface area contributed by atoms with Crippen molar-refractivity contribution in [3.63, 3.8) is 0 Å². The molecule has 1 aromatic rings. The van der Waals surface area contributed by atoms with Crippen LogP contribution in [-0.4, -0.2) is 19.2 Å². The topological polar surface area (TPSA) is 47.6 Å². The van der Waals surface area contributed by atoms with Gasteiger partial charge in [0.2, 0.25) is 0 Å². The lowest BCUT2D eigenvalue weighted by Crippen LogP contribution is -1.97. The van der Waals surface area contributed by atoms with E-state index in [1.807, 2.05) is 36.6 Å². The van der Waals surface area contributed by atoms with E-state index in [0.717, 1.165) is 17.0 Å². The van der Waals surface area contributed by atoms with Crippen molar-refractivity contribution < 1.29 is 4.74 Å². The molecule has 0 atom stereocenters. The van der Waals surface area contributed by atoms with Crippen molar-refractivity contribution in [1.82, 2.24) is 0 Å². The zero-order valence-corrected chi connectivity index (χ0v) is 10.9. The quantitative estimate of drug-likeness (QED) is 0.598. The first-order valence-electron chi connectivity index (χ1n) is 5.50. The Bertz CT molecular complexity index is 391. The number of hydrogen-bond acceptors (Lipinski definition) is 4. The zero-order valence-electron chi connectivity index (χ0n) is 10.1. The predicted octanol–water partition coefficient (Wildman–Crippen LogP) is 2.82. The molecule has 0 heterocycles. The average molecular weight is 250 g/mol. The van der Waals surface area contributed by atoms with Gasteiger partial charge in [-0.3, -0.25) is 4.99 Å². The Balaban J connectivity index is 2.81. The summed E-state index contributed by atoms with van der Waals surface area (Å²) in [7, 11) is 0. The van der Waals surface area contributed by atoms with Crippen LogP contribution in [0.4, 0.5) is 0 Å². The van der Waals surface area contributed by atoms with Gasteiger partial charge in [-0.1, -0.05) is 18.2 Å². The monoisotopic (exact) mass is 250 g/mol. The van der Waals surface area contributed by atoms with Crippen molar-refractivity contribution in [2.24, 2.45) is 10.7 Å². The lowest BCUT2D eigenvalue weighted by atomic mass is 10.1. The summed E-state index contributed by atoms with van der Waals surface area (Å²) in [6, 6.07) is 7.97. The van der Waals surface area contributed by atoms with E-state index in [9.17, 15) is 0 Å². The van der Waals surface area contributed by atoms with E-state index in [1.165, 1.54) is 11.8 Å². The van der Waals surface area contributed by atoms with Gasteiger partial charge in [-0.25, -0.2) is 0 Å². The smallest absolute Gasteiger partial charge is 0.122 e. The van der Waals surface area contributed by atoms with E-state index in [2.05, 4.69) is 11.7 Å². The fourth-order valence-corrected chi connectivity index (χ4v) is 1.87.